The van der Waals surface area contributed by atoms with E-state index in [1.165, 1.54) is 0 Å². The van der Waals surface area contributed by atoms with Crippen LogP contribution < -0.4 is 10.9 Å². The molecule has 1 aromatic carbocycles. The first-order valence-corrected chi connectivity index (χ1v) is 9.97. The molecular formula is C21H22N4O2S. The molecule has 0 saturated heterocycles. The van der Waals surface area contributed by atoms with Gasteiger partial charge in [-0.15, -0.1) is 11.3 Å². The molecule has 2 N–H and O–H groups in total. The van der Waals surface area contributed by atoms with Gasteiger partial charge in [-0.2, -0.15) is 5.26 Å². The molecule has 0 saturated carbocycles. The van der Waals surface area contributed by atoms with Gasteiger partial charge in [-0.05, 0) is 43.5 Å². The van der Waals surface area contributed by atoms with Crippen molar-refractivity contribution in [3.8, 4) is 6.07 Å². The first-order chi connectivity index (χ1) is 13.4. The van der Waals surface area contributed by atoms with Crippen molar-refractivity contribution in [2.24, 2.45) is 0 Å². The fraction of sp³-hybridized carbons (Fsp3) is 0.333. The Labute approximate surface area is 167 Å². The van der Waals surface area contributed by atoms with Crippen molar-refractivity contribution in [2.75, 3.05) is 6.54 Å². The zero-order valence-corrected chi connectivity index (χ0v) is 16.9. The number of aromatic nitrogens is 2. The number of nitriles is 1. The van der Waals surface area contributed by atoms with Crippen molar-refractivity contribution in [2.45, 2.75) is 39.5 Å². The van der Waals surface area contributed by atoms with Crippen LogP contribution in [0.4, 0.5) is 0 Å². The highest BCUT2D eigenvalue weighted by atomic mass is 32.1. The molecule has 28 heavy (non-hydrogen) atoms. The van der Waals surface area contributed by atoms with Crippen LogP contribution in [-0.4, -0.2) is 22.4 Å². The number of amides is 1. The smallest absolute Gasteiger partial charge is 0.266 e. The lowest BCUT2D eigenvalue weighted by atomic mass is 9.99. The van der Waals surface area contributed by atoms with Gasteiger partial charge in [-0.1, -0.05) is 19.1 Å². The van der Waals surface area contributed by atoms with Crippen molar-refractivity contribution in [3.05, 3.63) is 62.0 Å². The Bertz CT molecular complexity index is 1090. The molecule has 3 aromatic rings. The number of hydrogen-bond acceptors (Lipinski definition) is 5. The standard InChI is InChI=1S/C21H22N4O2S/c1-12(21-25-17-6-4-5-7-18(17)28-21)11-23-19(26)9-8-15-13(2)16(10-22)20(27)24-14(15)3/h4-7,12H,8-9,11H2,1-3H3,(H,23,26)(H,24,27). The summed E-state index contributed by atoms with van der Waals surface area (Å²) in [5, 5.41) is 13.1. The van der Waals surface area contributed by atoms with Crippen molar-refractivity contribution >= 4 is 27.5 Å². The first-order valence-electron chi connectivity index (χ1n) is 9.15. The van der Waals surface area contributed by atoms with E-state index in [4.69, 9.17) is 5.26 Å². The lowest BCUT2D eigenvalue weighted by Crippen LogP contribution is -2.28. The zero-order valence-electron chi connectivity index (χ0n) is 16.1. The van der Waals surface area contributed by atoms with Crippen LogP contribution in [0.15, 0.2) is 29.1 Å². The van der Waals surface area contributed by atoms with E-state index >= 15 is 0 Å². The predicted octanol–water partition coefficient (Wildman–Crippen LogP) is 3.33. The van der Waals surface area contributed by atoms with Crippen molar-refractivity contribution < 1.29 is 4.79 Å². The molecule has 0 spiro atoms. The third-order valence-electron chi connectivity index (χ3n) is 4.86. The van der Waals surface area contributed by atoms with Gasteiger partial charge in [-0.25, -0.2) is 4.98 Å². The largest absolute Gasteiger partial charge is 0.355 e. The summed E-state index contributed by atoms with van der Waals surface area (Å²) in [5.41, 5.74) is 2.93. The van der Waals surface area contributed by atoms with Crippen molar-refractivity contribution in [1.29, 1.82) is 5.26 Å². The number of carbonyl (C=O) groups is 1. The van der Waals surface area contributed by atoms with Gasteiger partial charge in [0, 0.05) is 24.6 Å². The number of aromatic amines is 1. The summed E-state index contributed by atoms with van der Waals surface area (Å²) in [7, 11) is 0. The highest BCUT2D eigenvalue weighted by Gasteiger charge is 2.15. The van der Waals surface area contributed by atoms with E-state index in [1.807, 2.05) is 37.3 Å². The van der Waals surface area contributed by atoms with Crippen LogP contribution in [0.2, 0.25) is 0 Å². The summed E-state index contributed by atoms with van der Waals surface area (Å²) < 4.78 is 1.15. The van der Waals surface area contributed by atoms with Gasteiger partial charge < -0.3 is 10.3 Å². The van der Waals surface area contributed by atoms with Crippen LogP contribution in [0.25, 0.3) is 10.2 Å². The van der Waals surface area contributed by atoms with Crippen molar-refractivity contribution in [1.82, 2.24) is 15.3 Å². The average Bonchev–Trinajstić information content (AvgIpc) is 3.10. The third kappa shape index (κ3) is 4.12. The number of nitrogens with zero attached hydrogens (tertiary/aromatic N) is 2. The SMILES string of the molecule is Cc1[nH]c(=O)c(C#N)c(C)c1CCC(=O)NCC(C)c1nc2ccccc2s1. The molecule has 0 bridgehead atoms. The van der Waals surface area contributed by atoms with E-state index in [0.29, 0.717) is 30.6 Å². The molecule has 1 atom stereocenters. The van der Waals surface area contributed by atoms with E-state index in [2.05, 4.69) is 15.3 Å². The Morgan fingerprint density at radius 1 is 1.36 bits per heavy atom. The minimum absolute atomic E-state index is 0.0588. The molecule has 2 heterocycles. The minimum Gasteiger partial charge on any atom is -0.355 e. The van der Waals surface area contributed by atoms with Crippen molar-refractivity contribution in [3.63, 3.8) is 0 Å². The van der Waals surface area contributed by atoms with E-state index in [1.54, 1.807) is 25.2 Å². The summed E-state index contributed by atoms with van der Waals surface area (Å²) in [6.45, 7) is 6.11. The number of aryl methyl sites for hydroxylation is 1. The van der Waals surface area contributed by atoms with Gasteiger partial charge in [0.05, 0.1) is 15.2 Å². The molecule has 0 aliphatic carbocycles. The van der Waals surface area contributed by atoms with Gasteiger partial charge in [0.25, 0.3) is 5.56 Å². The Morgan fingerprint density at radius 3 is 2.82 bits per heavy atom. The number of benzene rings is 1. The molecule has 1 unspecified atom stereocenters. The number of nitrogens with one attached hydrogen (secondary N) is 2. The second-order valence-electron chi connectivity index (χ2n) is 6.89. The molecule has 0 fully saturated rings. The summed E-state index contributed by atoms with van der Waals surface area (Å²) in [4.78, 5) is 31.4. The molecule has 3 rings (SSSR count). The van der Waals surface area contributed by atoms with E-state index in [9.17, 15) is 9.59 Å². The Hall–Kier alpha value is -2.98. The second kappa shape index (κ2) is 8.36. The molecular weight excluding hydrogens is 372 g/mol. The maximum Gasteiger partial charge on any atom is 0.266 e. The molecule has 2 aromatic heterocycles. The second-order valence-corrected chi connectivity index (χ2v) is 7.96. The highest BCUT2D eigenvalue weighted by Crippen LogP contribution is 2.26. The minimum atomic E-state index is -0.379. The number of hydrogen-bond donors (Lipinski definition) is 2. The quantitative estimate of drug-likeness (QED) is 0.670. The van der Waals surface area contributed by atoms with Crippen LogP contribution in [0.5, 0.6) is 0 Å². The number of para-hydroxylation sites is 1. The number of thiazole rings is 1. The van der Waals surface area contributed by atoms with Gasteiger partial charge in [0.2, 0.25) is 5.91 Å². The number of H-pyrrole nitrogens is 1. The molecule has 7 heteroatoms. The molecule has 1 amide bonds. The maximum atomic E-state index is 12.3. The van der Waals surface area contributed by atoms with Crippen LogP contribution in [-0.2, 0) is 11.2 Å². The van der Waals surface area contributed by atoms with Gasteiger partial charge in [-0.3, -0.25) is 9.59 Å². The van der Waals surface area contributed by atoms with E-state index in [-0.39, 0.29) is 22.9 Å². The van der Waals surface area contributed by atoms with Crippen LogP contribution in [0, 0.1) is 25.2 Å². The van der Waals surface area contributed by atoms with Crippen LogP contribution >= 0.6 is 11.3 Å². The Balaban J connectivity index is 1.59. The number of fused-ring (bicyclic) bond motifs is 1. The van der Waals surface area contributed by atoms with Gasteiger partial charge >= 0.3 is 0 Å². The normalized spacial score (nSPS) is 11.9. The summed E-state index contributed by atoms with van der Waals surface area (Å²) >= 11 is 1.65. The predicted molar refractivity (Wildman–Crippen MR) is 111 cm³/mol. The third-order valence-corrected chi connectivity index (χ3v) is 6.13. The summed E-state index contributed by atoms with van der Waals surface area (Å²) in [5.74, 6) is 0.0690. The first kappa shape index (κ1) is 19.8. The summed E-state index contributed by atoms with van der Waals surface area (Å²) in [6, 6.07) is 9.94. The van der Waals surface area contributed by atoms with E-state index < -0.39 is 0 Å². The topological polar surface area (TPSA) is 98.6 Å². The van der Waals surface area contributed by atoms with Gasteiger partial charge in [0.1, 0.15) is 11.6 Å². The number of carbonyl (C=O) groups excluding carboxylic acids is 1. The number of rotatable bonds is 6. The fourth-order valence-corrected chi connectivity index (χ4v) is 4.22. The molecule has 0 radical (unpaired) electrons. The van der Waals surface area contributed by atoms with Gasteiger partial charge in [0.15, 0.2) is 0 Å². The Morgan fingerprint density at radius 2 is 2.11 bits per heavy atom. The average molecular weight is 395 g/mol. The van der Waals surface area contributed by atoms with Crippen LogP contribution in [0.3, 0.4) is 0 Å². The maximum absolute atomic E-state index is 12.3. The van der Waals surface area contributed by atoms with Crippen LogP contribution in [0.1, 0.15) is 46.7 Å². The zero-order chi connectivity index (χ0) is 20.3. The molecule has 144 valence electrons. The molecule has 6 nitrogen and oxygen atoms in total. The van der Waals surface area contributed by atoms with E-state index in [0.717, 1.165) is 20.8 Å². The molecule has 0 aliphatic rings. The lowest BCUT2D eigenvalue weighted by molar-refractivity contribution is -0.121. The fourth-order valence-electron chi connectivity index (χ4n) is 3.20. The summed E-state index contributed by atoms with van der Waals surface area (Å²) in [6.07, 6.45) is 0.773. The molecule has 0 aliphatic heterocycles. The lowest BCUT2D eigenvalue weighted by Gasteiger charge is -2.12. The number of pyridine rings is 1. The highest BCUT2D eigenvalue weighted by molar-refractivity contribution is 7.18. The Kier molecular flexibility index (Phi) is 5.90. The monoisotopic (exact) mass is 394 g/mol.